The van der Waals surface area contributed by atoms with Crippen molar-refractivity contribution < 1.29 is 4.74 Å². The van der Waals surface area contributed by atoms with Crippen LogP contribution in [0.3, 0.4) is 0 Å². The smallest absolute Gasteiger partial charge is 0.122 e. The number of nitriles is 1. The van der Waals surface area contributed by atoms with Gasteiger partial charge in [-0.3, -0.25) is 0 Å². The highest BCUT2D eigenvalue weighted by atomic mass is 16.5. The van der Waals surface area contributed by atoms with Gasteiger partial charge < -0.3 is 10.1 Å². The largest absolute Gasteiger partial charge is 0.496 e. The average molecular weight is 278 g/mol. The summed E-state index contributed by atoms with van der Waals surface area (Å²) in [5.74, 6) is 1.53. The van der Waals surface area contributed by atoms with Gasteiger partial charge in [-0.05, 0) is 48.6 Å². The molecule has 0 atom stereocenters. The molecule has 0 amide bonds. The molecule has 2 aromatic carbocycles. The first-order valence-electron chi connectivity index (χ1n) is 7.20. The molecule has 3 rings (SSSR count). The van der Waals surface area contributed by atoms with Crippen molar-refractivity contribution in [3.05, 3.63) is 59.7 Å². The second-order valence-electron chi connectivity index (χ2n) is 5.44. The number of nitrogens with zero attached hydrogens (tertiary/aromatic N) is 1. The van der Waals surface area contributed by atoms with Gasteiger partial charge in [-0.1, -0.05) is 24.3 Å². The zero-order valence-corrected chi connectivity index (χ0v) is 12.0. The highest BCUT2D eigenvalue weighted by Crippen LogP contribution is 2.42. The molecule has 1 saturated carbocycles. The average Bonchev–Trinajstić information content (AvgIpc) is 2.50. The molecule has 3 heteroatoms. The van der Waals surface area contributed by atoms with E-state index in [2.05, 4.69) is 23.5 Å². The SMILES string of the molecule is COc1ccccc1C1CC(Nc2cccc(C#N)c2)C1. The Morgan fingerprint density at radius 2 is 1.95 bits per heavy atom. The summed E-state index contributed by atoms with van der Waals surface area (Å²) >= 11 is 0. The maximum Gasteiger partial charge on any atom is 0.122 e. The van der Waals surface area contributed by atoms with Gasteiger partial charge in [-0.25, -0.2) is 0 Å². The topological polar surface area (TPSA) is 45.0 Å². The van der Waals surface area contributed by atoms with Gasteiger partial charge in [0.1, 0.15) is 5.75 Å². The fourth-order valence-corrected chi connectivity index (χ4v) is 2.91. The third kappa shape index (κ3) is 2.85. The second kappa shape index (κ2) is 5.88. The molecule has 21 heavy (non-hydrogen) atoms. The van der Waals surface area contributed by atoms with Crippen LogP contribution >= 0.6 is 0 Å². The zero-order valence-electron chi connectivity index (χ0n) is 12.0. The Hall–Kier alpha value is -2.47. The first-order chi connectivity index (χ1) is 10.3. The van der Waals surface area contributed by atoms with E-state index in [4.69, 9.17) is 10.00 Å². The summed E-state index contributed by atoms with van der Waals surface area (Å²) < 4.78 is 5.43. The first-order valence-corrected chi connectivity index (χ1v) is 7.20. The van der Waals surface area contributed by atoms with E-state index in [0.29, 0.717) is 17.5 Å². The number of anilines is 1. The monoisotopic (exact) mass is 278 g/mol. The van der Waals surface area contributed by atoms with E-state index >= 15 is 0 Å². The van der Waals surface area contributed by atoms with Gasteiger partial charge >= 0.3 is 0 Å². The predicted octanol–water partition coefficient (Wildman–Crippen LogP) is 3.92. The Labute approximate surface area is 125 Å². The minimum absolute atomic E-state index is 0.467. The van der Waals surface area contributed by atoms with Crippen molar-refractivity contribution in [2.24, 2.45) is 0 Å². The molecule has 0 unspecified atom stereocenters. The van der Waals surface area contributed by atoms with Gasteiger partial charge in [0.25, 0.3) is 0 Å². The molecule has 0 radical (unpaired) electrons. The number of hydrogen-bond acceptors (Lipinski definition) is 3. The van der Waals surface area contributed by atoms with Crippen LogP contribution in [0.5, 0.6) is 5.75 Å². The van der Waals surface area contributed by atoms with Crippen molar-refractivity contribution in [2.75, 3.05) is 12.4 Å². The molecular weight excluding hydrogens is 260 g/mol. The highest BCUT2D eigenvalue weighted by molar-refractivity contribution is 5.50. The van der Waals surface area contributed by atoms with Crippen molar-refractivity contribution in [3.63, 3.8) is 0 Å². The number of para-hydroxylation sites is 1. The Kier molecular flexibility index (Phi) is 3.79. The van der Waals surface area contributed by atoms with E-state index in [1.54, 1.807) is 7.11 Å². The maximum absolute atomic E-state index is 8.92. The molecule has 0 heterocycles. The number of ether oxygens (including phenoxy) is 1. The summed E-state index contributed by atoms with van der Waals surface area (Å²) in [5, 5.41) is 12.4. The molecule has 1 aliphatic carbocycles. The summed E-state index contributed by atoms with van der Waals surface area (Å²) in [6, 6.07) is 18.5. The third-order valence-corrected chi connectivity index (χ3v) is 4.08. The molecule has 106 valence electrons. The van der Waals surface area contributed by atoms with E-state index in [1.165, 1.54) is 5.56 Å². The van der Waals surface area contributed by atoms with E-state index in [9.17, 15) is 0 Å². The van der Waals surface area contributed by atoms with Gasteiger partial charge in [-0.15, -0.1) is 0 Å². The molecule has 0 saturated heterocycles. The van der Waals surface area contributed by atoms with E-state index < -0.39 is 0 Å². The lowest BCUT2D eigenvalue weighted by Gasteiger charge is -2.37. The normalized spacial score (nSPS) is 20.2. The van der Waals surface area contributed by atoms with Gasteiger partial charge in [0.2, 0.25) is 0 Å². The van der Waals surface area contributed by atoms with Crippen LogP contribution in [0.15, 0.2) is 48.5 Å². The minimum Gasteiger partial charge on any atom is -0.496 e. The Bertz CT molecular complexity index is 669. The van der Waals surface area contributed by atoms with Crippen LogP contribution in [0.1, 0.15) is 29.9 Å². The van der Waals surface area contributed by atoms with Gasteiger partial charge in [0.05, 0.1) is 18.7 Å². The van der Waals surface area contributed by atoms with Crippen LogP contribution in [0.25, 0.3) is 0 Å². The molecule has 1 N–H and O–H groups in total. The fourth-order valence-electron chi connectivity index (χ4n) is 2.91. The van der Waals surface area contributed by atoms with Crippen LogP contribution in [0, 0.1) is 11.3 Å². The molecule has 2 aromatic rings. The lowest BCUT2D eigenvalue weighted by Crippen LogP contribution is -2.34. The lowest BCUT2D eigenvalue weighted by atomic mass is 9.75. The molecule has 3 nitrogen and oxygen atoms in total. The molecule has 0 aromatic heterocycles. The molecule has 1 fully saturated rings. The van der Waals surface area contributed by atoms with E-state index in [-0.39, 0.29) is 0 Å². The van der Waals surface area contributed by atoms with Crippen molar-refractivity contribution in [3.8, 4) is 11.8 Å². The van der Waals surface area contributed by atoms with Crippen LogP contribution in [-0.2, 0) is 0 Å². The fraction of sp³-hybridized carbons (Fsp3) is 0.278. The van der Waals surface area contributed by atoms with Crippen molar-refractivity contribution >= 4 is 5.69 Å². The summed E-state index contributed by atoms with van der Waals surface area (Å²) in [4.78, 5) is 0. The van der Waals surface area contributed by atoms with Gasteiger partial charge in [0.15, 0.2) is 0 Å². The van der Waals surface area contributed by atoms with Crippen LogP contribution in [0.2, 0.25) is 0 Å². The van der Waals surface area contributed by atoms with Crippen molar-refractivity contribution in [1.29, 1.82) is 5.26 Å². The molecular formula is C18H18N2O. The van der Waals surface area contributed by atoms with E-state index in [0.717, 1.165) is 24.3 Å². The van der Waals surface area contributed by atoms with Gasteiger partial charge in [0, 0.05) is 11.7 Å². The van der Waals surface area contributed by atoms with Gasteiger partial charge in [-0.2, -0.15) is 5.26 Å². The predicted molar refractivity (Wildman–Crippen MR) is 83.5 cm³/mol. The Morgan fingerprint density at radius 3 is 2.71 bits per heavy atom. The maximum atomic E-state index is 8.92. The van der Waals surface area contributed by atoms with Crippen LogP contribution in [-0.4, -0.2) is 13.2 Å². The molecule has 0 spiro atoms. The third-order valence-electron chi connectivity index (χ3n) is 4.08. The van der Waals surface area contributed by atoms with E-state index in [1.807, 2.05) is 36.4 Å². The number of rotatable bonds is 4. The summed E-state index contributed by atoms with van der Waals surface area (Å²) in [6.45, 7) is 0. The number of nitrogens with one attached hydrogen (secondary N) is 1. The number of methoxy groups -OCH3 is 1. The summed E-state index contributed by atoms with van der Waals surface area (Å²) in [5.41, 5.74) is 3.02. The lowest BCUT2D eigenvalue weighted by molar-refractivity contribution is 0.350. The molecule has 1 aliphatic rings. The van der Waals surface area contributed by atoms with Crippen molar-refractivity contribution in [2.45, 2.75) is 24.8 Å². The molecule has 0 aliphatic heterocycles. The summed E-state index contributed by atoms with van der Waals surface area (Å²) in [7, 11) is 1.72. The number of hydrogen-bond donors (Lipinski definition) is 1. The highest BCUT2D eigenvalue weighted by Gasteiger charge is 2.31. The second-order valence-corrected chi connectivity index (χ2v) is 5.44. The Balaban J connectivity index is 1.62. The first kappa shape index (κ1) is 13.5. The minimum atomic E-state index is 0.467. The zero-order chi connectivity index (χ0) is 14.7. The standard InChI is InChI=1S/C18H18N2O/c1-21-18-8-3-2-7-17(18)14-10-16(11-14)20-15-6-4-5-13(9-15)12-19/h2-9,14,16,20H,10-11H2,1H3. The number of benzene rings is 2. The van der Waals surface area contributed by atoms with Crippen LogP contribution < -0.4 is 10.1 Å². The molecule has 0 bridgehead atoms. The quantitative estimate of drug-likeness (QED) is 0.921. The summed E-state index contributed by atoms with van der Waals surface area (Å²) in [6.07, 6.45) is 2.19. The van der Waals surface area contributed by atoms with Crippen molar-refractivity contribution in [1.82, 2.24) is 0 Å². The van der Waals surface area contributed by atoms with Crippen LogP contribution in [0.4, 0.5) is 5.69 Å². The Morgan fingerprint density at radius 1 is 1.14 bits per heavy atom.